The molecule has 3 heterocycles. The van der Waals surface area contributed by atoms with Crippen LogP contribution in [0.3, 0.4) is 0 Å². The molecular weight excluding hydrogens is 306 g/mol. The minimum absolute atomic E-state index is 0.0124. The van der Waals surface area contributed by atoms with E-state index in [1.54, 1.807) is 12.1 Å². The number of aromatic nitrogens is 1. The van der Waals surface area contributed by atoms with Crippen molar-refractivity contribution in [2.45, 2.75) is 45.7 Å². The topological polar surface area (TPSA) is 71.4 Å². The van der Waals surface area contributed by atoms with Crippen molar-refractivity contribution in [1.82, 2.24) is 14.8 Å². The van der Waals surface area contributed by atoms with Crippen molar-refractivity contribution >= 4 is 11.8 Å². The zero-order valence-corrected chi connectivity index (χ0v) is 14.5. The third-order valence-corrected chi connectivity index (χ3v) is 5.08. The summed E-state index contributed by atoms with van der Waals surface area (Å²) in [4.78, 5) is 38.3. The predicted octanol–water partition coefficient (Wildman–Crippen LogP) is 0.955. The van der Waals surface area contributed by atoms with E-state index in [9.17, 15) is 14.4 Å². The summed E-state index contributed by atoms with van der Waals surface area (Å²) in [5.41, 5.74) is 1.07. The summed E-state index contributed by atoms with van der Waals surface area (Å²) in [5, 5.41) is 2.79. The van der Waals surface area contributed by atoms with Gasteiger partial charge in [-0.05, 0) is 24.3 Å². The summed E-state index contributed by atoms with van der Waals surface area (Å²) in [7, 11) is 0. The Kier molecular flexibility index (Phi) is 4.47. The van der Waals surface area contributed by atoms with Gasteiger partial charge in [-0.25, -0.2) is 0 Å². The molecule has 0 spiro atoms. The van der Waals surface area contributed by atoms with Crippen LogP contribution in [-0.2, 0) is 16.1 Å². The predicted molar refractivity (Wildman–Crippen MR) is 90.6 cm³/mol. The van der Waals surface area contributed by atoms with Crippen LogP contribution in [0, 0.1) is 11.8 Å². The molecule has 1 N–H and O–H groups in total. The maximum absolute atomic E-state index is 12.9. The lowest BCUT2D eigenvalue weighted by molar-refractivity contribution is -0.139. The zero-order chi connectivity index (χ0) is 17.4. The smallest absolute Gasteiger partial charge is 0.250 e. The number of nitrogens with one attached hydrogen (secondary N) is 1. The van der Waals surface area contributed by atoms with Crippen molar-refractivity contribution < 1.29 is 9.59 Å². The van der Waals surface area contributed by atoms with Gasteiger partial charge in [0.05, 0.1) is 0 Å². The fourth-order valence-corrected chi connectivity index (χ4v) is 4.01. The van der Waals surface area contributed by atoms with Gasteiger partial charge in [0, 0.05) is 44.2 Å². The van der Waals surface area contributed by atoms with Gasteiger partial charge >= 0.3 is 0 Å². The first-order valence-electron chi connectivity index (χ1n) is 8.62. The third kappa shape index (κ3) is 3.09. The first kappa shape index (κ1) is 16.7. The average Bonchev–Trinajstić information content (AvgIpc) is 2.52. The highest BCUT2D eigenvalue weighted by molar-refractivity contribution is 5.87. The van der Waals surface area contributed by atoms with Gasteiger partial charge in [-0.1, -0.05) is 19.9 Å². The van der Waals surface area contributed by atoms with Crippen molar-refractivity contribution in [2.24, 2.45) is 11.8 Å². The number of nitrogens with zero attached hydrogens (tertiary/aromatic N) is 2. The lowest BCUT2D eigenvalue weighted by Crippen LogP contribution is -2.56. The molecule has 2 amide bonds. The molecule has 3 atom stereocenters. The summed E-state index contributed by atoms with van der Waals surface area (Å²) >= 11 is 0. The SMILES string of the molecule is CC(=O)N[C@@H](C(=O)N1C[C@@H]2C[C@H](C1)c1cccc(=O)n1C2)C(C)C. The monoisotopic (exact) mass is 331 g/mol. The van der Waals surface area contributed by atoms with Crippen molar-refractivity contribution in [3.05, 3.63) is 34.2 Å². The highest BCUT2D eigenvalue weighted by atomic mass is 16.2. The normalized spacial score (nSPS) is 23.6. The van der Waals surface area contributed by atoms with Crippen molar-refractivity contribution in [2.75, 3.05) is 13.1 Å². The molecule has 1 aromatic heterocycles. The zero-order valence-electron chi connectivity index (χ0n) is 14.5. The molecule has 1 aromatic rings. The molecule has 0 unspecified atom stereocenters. The van der Waals surface area contributed by atoms with E-state index < -0.39 is 6.04 Å². The molecule has 24 heavy (non-hydrogen) atoms. The van der Waals surface area contributed by atoms with Crippen molar-refractivity contribution in [3.63, 3.8) is 0 Å². The van der Waals surface area contributed by atoms with Gasteiger partial charge < -0.3 is 14.8 Å². The van der Waals surface area contributed by atoms with E-state index in [1.807, 2.05) is 29.4 Å². The van der Waals surface area contributed by atoms with E-state index in [0.717, 1.165) is 12.1 Å². The van der Waals surface area contributed by atoms with Gasteiger partial charge in [0.2, 0.25) is 11.8 Å². The van der Waals surface area contributed by atoms with Crippen LogP contribution in [0.4, 0.5) is 0 Å². The van der Waals surface area contributed by atoms with Crippen LogP contribution in [-0.4, -0.2) is 40.4 Å². The number of hydrogen-bond donors (Lipinski definition) is 1. The molecule has 3 rings (SSSR count). The van der Waals surface area contributed by atoms with E-state index in [2.05, 4.69) is 5.32 Å². The van der Waals surface area contributed by atoms with Crippen LogP contribution in [0.5, 0.6) is 0 Å². The maximum Gasteiger partial charge on any atom is 0.250 e. The third-order valence-electron chi connectivity index (χ3n) is 5.08. The molecule has 0 aromatic carbocycles. The Morgan fingerprint density at radius 2 is 1.96 bits per heavy atom. The van der Waals surface area contributed by atoms with Gasteiger partial charge in [0.15, 0.2) is 0 Å². The number of carbonyl (C=O) groups excluding carboxylic acids is 2. The van der Waals surface area contributed by atoms with E-state index in [-0.39, 0.29) is 29.2 Å². The average molecular weight is 331 g/mol. The molecule has 1 saturated heterocycles. The minimum atomic E-state index is -0.487. The summed E-state index contributed by atoms with van der Waals surface area (Å²) in [5.74, 6) is 0.335. The van der Waals surface area contributed by atoms with Gasteiger partial charge in [-0.15, -0.1) is 0 Å². The minimum Gasteiger partial charge on any atom is -0.344 e. The Morgan fingerprint density at radius 3 is 2.62 bits per heavy atom. The molecule has 2 aliphatic rings. The second-order valence-corrected chi connectivity index (χ2v) is 7.36. The number of fused-ring (bicyclic) bond motifs is 4. The van der Waals surface area contributed by atoms with Gasteiger partial charge in [-0.2, -0.15) is 0 Å². The van der Waals surface area contributed by atoms with Crippen LogP contribution >= 0.6 is 0 Å². The van der Waals surface area contributed by atoms with Crippen LogP contribution < -0.4 is 10.9 Å². The number of carbonyl (C=O) groups is 2. The number of rotatable bonds is 3. The largest absolute Gasteiger partial charge is 0.344 e. The maximum atomic E-state index is 12.9. The number of likely N-dealkylation sites (tertiary alicyclic amines) is 1. The van der Waals surface area contributed by atoms with Crippen LogP contribution in [0.25, 0.3) is 0 Å². The second-order valence-electron chi connectivity index (χ2n) is 7.36. The van der Waals surface area contributed by atoms with Crippen molar-refractivity contribution in [3.8, 4) is 0 Å². The van der Waals surface area contributed by atoms with Gasteiger partial charge in [0.1, 0.15) is 6.04 Å². The second kappa shape index (κ2) is 6.42. The molecule has 0 saturated carbocycles. The Morgan fingerprint density at radius 1 is 1.21 bits per heavy atom. The van der Waals surface area contributed by atoms with E-state index in [0.29, 0.717) is 25.6 Å². The van der Waals surface area contributed by atoms with E-state index in [4.69, 9.17) is 0 Å². The molecule has 0 radical (unpaired) electrons. The lowest BCUT2D eigenvalue weighted by atomic mass is 9.82. The Labute approximate surface area is 141 Å². The fraction of sp³-hybridized carbons (Fsp3) is 0.611. The Balaban J connectivity index is 1.82. The van der Waals surface area contributed by atoms with Gasteiger partial charge in [-0.3, -0.25) is 14.4 Å². The highest BCUT2D eigenvalue weighted by Crippen LogP contribution is 2.35. The quantitative estimate of drug-likeness (QED) is 0.896. The Bertz CT molecular complexity index is 710. The molecule has 2 bridgehead atoms. The first-order chi connectivity index (χ1) is 11.4. The number of piperidine rings is 1. The molecular formula is C18H25N3O3. The highest BCUT2D eigenvalue weighted by Gasteiger charge is 2.38. The molecule has 2 aliphatic heterocycles. The molecule has 0 aliphatic carbocycles. The standard InChI is InChI=1S/C18H25N3O3/c1-11(2)17(19-12(3)22)18(24)20-8-13-7-14(10-20)15-5-4-6-16(23)21(15)9-13/h4-6,11,13-14,17H,7-10H2,1-3H3,(H,19,22)/t13-,14+,17+/m0/s1. The summed E-state index contributed by atoms with van der Waals surface area (Å²) in [6, 6.07) is 4.89. The van der Waals surface area contributed by atoms with E-state index >= 15 is 0 Å². The fourth-order valence-electron chi connectivity index (χ4n) is 4.01. The first-order valence-corrected chi connectivity index (χ1v) is 8.62. The number of hydrogen-bond acceptors (Lipinski definition) is 3. The van der Waals surface area contributed by atoms with Crippen LogP contribution in [0.2, 0.25) is 0 Å². The van der Waals surface area contributed by atoms with Crippen LogP contribution in [0.15, 0.2) is 23.0 Å². The molecule has 1 fully saturated rings. The molecule has 130 valence electrons. The van der Waals surface area contributed by atoms with Crippen LogP contribution in [0.1, 0.15) is 38.8 Å². The summed E-state index contributed by atoms with van der Waals surface area (Å²) < 4.78 is 1.86. The van der Waals surface area contributed by atoms with Gasteiger partial charge in [0.25, 0.3) is 5.56 Å². The number of amides is 2. The summed E-state index contributed by atoms with van der Waals surface area (Å²) in [6.07, 6.45) is 1.01. The lowest BCUT2D eigenvalue weighted by Gasteiger charge is -2.44. The molecule has 6 heteroatoms. The van der Waals surface area contributed by atoms with E-state index in [1.165, 1.54) is 6.92 Å². The number of pyridine rings is 1. The summed E-state index contributed by atoms with van der Waals surface area (Å²) in [6.45, 7) is 7.26. The molecule has 6 nitrogen and oxygen atoms in total. The van der Waals surface area contributed by atoms with Crippen molar-refractivity contribution in [1.29, 1.82) is 0 Å². The Hall–Kier alpha value is -2.11.